The van der Waals surface area contributed by atoms with Crippen molar-refractivity contribution in [2.75, 3.05) is 39.5 Å². The zero-order chi connectivity index (χ0) is 14.9. The molecule has 1 atom stereocenters. The van der Waals surface area contributed by atoms with Crippen molar-refractivity contribution in [3.05, 3.63) is 29.8 Å². The number of hydrogen-bond donors (Lipinski definition) is 1. The molecular formula is C17H23NO3. The van der Waals surface area contributed by atoms with Gasteiger partial charge in [0.2, 0.25) is 0 Å². The molecular weight excluding hydrogens is 266 g/mol. The van der Waals surface area contributed by atoms with E-state index in [0.29, 0.717) is 19.1 Å². The molecule has 0 spiro atoms. The molecule has 1 saturated heterocycles. The summed E-state index contributed by atoms with van der Waals surface area (Å²) in [4.78, 5) is 2.39. The summed E-state index contributed by atoms with van der Waals surface area (Å²) in [7, 11) is 0. The van der Waals surface area contributed by atoms with Crippen molar-refractivity contribution in [3.8, 4) is 17.6 Å². The van der Waals surface area contributed by atoms with Crippen LogP contribution in [-0.2, 0) is 4.74 Å². The average Bonchev–Trinajstić information content (AvgIpc) is 2.51. The van der Waals surface area contributed by atoms with E-state index < -0.39 is 0 Å². The molecule has 1 heterocycles. The Balaban J connectivity index is 1.74. The van der Waals surface area contributed by atoms with Crippen molar-refractivity contribution >= 4 is 0 Å². The zero-order valence-electron chi connectivity index (χ0n) is 12.5. The summed E-state index contributed by atoms with van der Waals surface area (Å²) in [6.07, 6.45) is 0.510. The summed E-state index contributed by atoms with van der Waals surface area (Å²) in [6.45, 7) is 6.48. The van der Waals surface area contributed by atoms with Gasteiger partial charge in [0.05, 0.1) is 19.8 Å². The van der Waals surface area contributed by atoms with Crippen molar-refractivity contribution in [2.45, 2.75) is 19.4 Å². The zero-order valence-corrected chi connectivity index (χ0v) is 12.5. The van der Waals surface area contributed by atoms with E-state index in [0.717, 1.165) is 37.6 Å². The number of hydrogen-bond acceptors (Lipinski definition) is 4. The highest BCUT2D eigenvalue weighted by atomic mass is 16.5. The second kappa shape index (κ2) is 8.68. The van der Waals surface area contributed by atoms with Crippen LogP contribution in [0.1, 0.15) is 18.9 Å². The summed E-state index contributed by atoms with van der Waals surface area (Å²) in [6, 6.07) is 8.22. The van der Waals surface area contributed by atoms with Gasteiger partial charge in [-0.25, -0.2) is 0 Å². The van der Waals surface area contributed by atoms with Crippen LogP contribution < -0.4 is 4.74 Å². The molecule has 0 amide bonds. The maximum absolute atomic E-state index is 8.68. The molecule has 0 saturated carbocycles. The third-order valence-corrected chi connectivity index (χ3v) is 3.48. The van der Waals surface area contributed by atoms with Crippen molar-refractivity contribution < 1.29 is 14.6 Å². The standard InChI is InChI=1S/C17H23NO3/c1-15-14-20-12-9-18(15)10-13-21-17-7-5-16(6-8-17)4-2-3-11-19/h5-8,15,19H,3,9-14H2,1H3. The van der Waals surface area contributed by atoms with E-state index in [9.17, 15) is 0 Å². The van der Waals surface area contributed by atoms with Crippen LogP contribution >= 0.6 is 0 Å². The number of ether oxygens (including phenoxy) is 2. The molecule has 1 aromatic carbocycles. The lowest BCUT2D eigenvalue weighted by Gasteiger charge is -2.32. The Hall–Kier alpha value is -1.54. The summed E-state index contributed by atoms with van der Waals surface area (Å²) in [5.74, 6) is 6.77. The van der Waals surface area contributed by atoms with Crippen LogP contribution in [0.4, 0.5) is 0 Å². The Bertz CT molecular complexity index is 475. The Labute approximate surface area is 126 Å². The second-order valence-electron chi connectivity index (χ2n) is 5.11. The lowest BCUT2D eigenvalue weighted by Crippen LogP contribution is -2.45. The monoisotopic (exact) mass is 289 g/mol. The summed E-state index contributed by atoms with van der Waals surface area (Å²) in [5.41, 5.74) is 0.942. The number of morpholine rings is 1. The molecule has 0 aliphatic carbocycles. The molecule has 0 radical (unpaired) electrons. The van der Waals surface area contributed by atoms with E-state index in [1.807, 2.05) is 24.3 Å². The molecule has 4 nitrogen and oxygen atoms in total. The second-order valence-corrected chi connectivity index (χ2v) is 5.11. The van der Waals surface area contributed by atoms with Crippen LogP contribution in [-0.4, -0.2) is 55.6 Å². The fraction of sp³-hybridized carbons (Fsp3) is 0.529. The molecule has 1 fully saturated rings. The van der Waals surface area contributed by atoms with Crippen LogP contribution in [0, 0.1) is 11.8 Å². The highest BCUT2D eigenvalue weighted by molar-refractivity contribution is 5.38. The quantitative estimate of drug-likeness (QED) is 0.835. The van der Waals surface area contributed by atoms with Crippen molar-refractivity contribution in [1.29, 1.82) is 0 Å². The van der Waals surface area contributed by atoms with Gasteiger partial charge in [-0.15, -0.1) is 0 Å². The molecule has 2 rings (SSSR count). The molecule has 1 aromatic rings. The van der Waals surface area contributed by atoms with E-state index in [4.69, 9.17) is 14.6 Å². The number of rotatable bonds is 5. The minimum absolute atomic E-state index is 0.105. The summed E-state index contributed by atoms with van der Waals surface area (Å²) < 4.78 is 11.2. The molecule has 1 aliphatic rings. The molecule has 1 aliphatic heterocycles. The first kappa shape index (κ1) is 15.8. The Morgan fingerprint density at radius 3 is 2.90 bits per heavy atom. The fourth-order valence-corrected chi connectivity index (χ4v) is 2.23. The molecule has 114 valence electrons. The van der Waals surface area contributed by atoms with Crippen LogP contribution in [0.25, 0.3) is 0 Å². The average molecular weight is 289 g/mol. The summed E-state index contributed by atoms with van der Waals surface area (Å²) in [5, 5.41) is 8.68. The van der Waals surface area contributed by atoms with Crippen LogP contribution in [0.15, 0.2) is 24.3 Å². The molecule has 1 unspecified atom stereocenters. The maximum atomic E-state index is 8.68. The van der Waals surface area contributed by atoms with Gasteiger partial charge in [0.15, 0.2) is 0 Å². The van der Waals surface area contributed by atoms with Crippen LogP contribution in [0.5, 0.6) is 5.75 Å². The third-order valence-electron chi connectivity index (χ3n) is 3.48. The van der Waals surface area contributed by atoms with Crippen molar-refractivity contribution in [2.24, 2.45) is 0 Å². The molecule has 4 heteroatoms. The number of aliphatic hydroxyl groups excluding tert-OH is 1. The predicted molar refractivity (Wildman–Crippen MR) is 82.4 cm³/mol. The van der Waals surface area contributed by atoms with Gasteiger partial charge in [-0.2, -0.15) is 0 Å². The SMILES string of the molecule is CC1COCCN1CCOc1ccc(C#CCCO)cc1. The normalized spacial score (nSPS) is 18.9. The molecule has 0 bridgehead atoms. The van der Waals surface area contributed by atoms with Gasteiger partial charge in [-0.05, 0) is 31.2 Å². The van der Waals surface area contributed by atoms with E-state index in [-0.39, 0.29) is 6.61 Å². The van der Waals surface area contributed by atoms with E-state index in [2.05, 4.69) is 23.7 Å². The third kappa shape index (κ3) is 5.39. The Morgan fingerprint density at radius 2 is 2.19 bits per heavy atom. The molecule has 1 N–H and O–H groups in total. The van der Waals surface area contributed by atoms with Gasteiger partial charge in [0, 0.05) is 31.1 Å². The van der Waals surface area contributed by atoms with Crippen LogP contribution in [0.3, 0.4) is 0 Å². The first-order valence-electron chi connectivity index (χ1n) is 7.44. The van der Waals surface area contributed by atoms with Crippen molar-refractivity contribution in [3.63, 3.8) is 0 Å². The minimum Gasteiger partial charge on any atom is -0.492 e. The Kier molecular flexibility index (Phi) is 6.55. The Morgan fingerprint density at radius 1 is 1.38 bits per heavy atom. The van der Waals surface area contributed by atoms with Gasteiger partial charge in [-0.1, -0.05) is 11.8 Å². The van der Waals surface area contributed by atoms with Gasteiger partial charge in [0.1, 0.15) is 12.4 Å². The lowest BCUT2D eigenvalue weighted by atomic mass is 10.2. The molecule has 0 aromatic heterocycles. The van der Waals surface area contributed by atoms with E-state index >= 15 is 0 Å². The van der Waals surface area contributed by atoms with Gasteiger partial charge < -0.3 is 14.6 Å². The highest BCUT2D eigenvalue weighted by Crippen LogP contribution is 2.12. The predicted octanol–water partition coefficient (Wildman–Crippen LogP) is 1.52. The van der Waals surface area contributed by atoms with Gasteiger partial charge >= 0.3 is 0 Å². The van der Waals surface area contributed by atoms with Gasteiger partial charge in [0.25, 0.3) is 0 Å². The first-order chi connectivity index (χ1) is 10.3. The van der Waals surface area contributed by atoms with E-state index in [1.165, 1.54) is 0 Å². The minimum atomic E-state index is 0.105. The van der Waals surface area contributed by atoms with Crippen LogP contribution in [0.2, 0.25) is 0 Å². The smallest absolute Gasteiger partial charge is 0.119 e. The van der Waals surface area contributed by atoms with E-state index in [1.54, 1.807) is 0 Å². The lowest BCUT2D eigenvalue weighted by molar-refractivity contribution is -0.00514. The maximum Gasteiger partial charge on any atom is 0.119 e. The largest absolute Gasteiger partial charge is 0.492 e. The topological polar surface area (TPSA) is 41.9 Å². The number of aliphatic hydroxyl groups is 1. The number of benzene rings is 1. The number of nitrogens with zero attached hydrogens (tertiary/aromatic N) is 1. The highest BCUT2D eigenvalue weighted by Gasteiger charge is 2.17. The fourth-order valence-electron chi connectivity index (χ4n) is 2.23. The van der Waals surface area contributed by atoms with Gasteiger partial charge in [-0.3, -0.25) is 4.90 Å². The summed E-state index contributed by atoms with van der Waals surface area (Å²) >= 11 is 0. The molecule has 21 heavy (non-hydrogen) atoms. The van der Waals surface area contributed by atoms with Crippen molar-refractivity contribution in [1.82, 2.24) is 4.90 Å². The first-order valence-corrected chi connectivity index (χ1v) is 7.44.